The molecule has 0 amide bonds. The second kappa shape index (κ2) is 9.90. The van der Waals surface area contributed by atoms with Crippen molar-refractivity contribution in [1.29, 1.82) is 0 Å². The van der Waals surface area contributed by atoms with E-state index in [1.54, 1.807) is 36.4 Å². The van der Waals surface area contributed by atoms with Crippen LogP contribution in [0.4, 0.5) is 0 Å². The lowest BCUT2D eigenvalue weighted by atomic mass is 10.0. The Morgan fingerprint density at radius 1 is 0.697 bits per heavy atom. The molecule has 3 rings (SSSR count). The summed E-state index contributed by atoms with van der Waals surface area (Å²) in [6, 6.07) is 14.1. The first-order valence-electron chi connectivity index (χ1n) is 10.5. The van der Waals surface area contributed by atoms with Crippen molar-refractivity contribution >= 4 is 17.8 Å². The van der Waals surface area contributed by atoms with E-state index in [0.717, 1.165) is 16.7 Å². The molecule has 0 spiro atoms. The summed E-state index contributed by atoms with van der Waals surface area (Å²) in [4.78, 5) is 0. The summed E-state index contributed by atoms with van der Waals surface area (Å²) in [6.07, 6.45) is 0. The van der Waals surface area contributed by atoms with E-state index in [9.17, 15) is 5.11 Å². The van der Waals surface area contributed by atoms with E-state index in [2.05, 4.69) is 0 Å². The second-order valence-corrected chi connectivity index (χ2v) is 10.7. The number of aryl methyl sites for hydroxylation is 3. The zero-order valence-electron chi connectivity index (χ0n) is 20.1. The molecule has 33 heavy (non-hydrogen) atoms. The van der Waals surface area contributed by atoms with Crippen LogP contribution < -0.4 is 29.6 Å². The van der Waals surface area contributed by atoms with Crippen LogP contribution in [0.1, 0.15) is 28.1 Å². The number of aliphatic hydroxyl groups excluding tert-OH is 1. The third-order valence-corrected chi connectivity index (χ3v) is 8.91. The lowest BCUT2D eigenvalue weighted by molar-refractivity contribution is 0.255. The minimum atomic E-state index is -3.85. The summed E-state index contributed by atoms with van der Waals surface area (Å²) in [7, 11) is 2.24. The number of aliphatic hydroxyl groups is 1. The maximum absolute atomic E-state index is 15.3. The van der Waals surface area contributed by atoms with Gasteiger partial charge in [-0.2, -0.15) is 0 Å². The highest BCUT2D eigenvalue weighted by atomic mass is 31.2. The van der Waals surface area contributed by atoms with E-state index in [0.29, 0.717) is 39.2 Å². The van der Waals surface area contributed by atoms with Gasteiger partial charge in [0.05, 0.1) is 39.0 Å². The number of hydrogen-bond acceptors (Lipinski definition) is 6. The normalized spacial score (nSPS) is 12.2. The number of methoxy groups -OCH3 is 4. The largest absolute Gasteiger partial charge is 0.497 e. The Labute approximate surface area is 195 Å². The smallest absolute Gasteiger partial charge is 0.182 e. The summed E-state index contributed by atoms with van der Waals surface area (Å²) < 4.78 is 37.3. The fourth-order valence-electron chi connectivity index (χ4n) is 4.29. The molecule has 0 aliphatic carbocycles. The van der Waals surface area contributed by atoms with Gasteiger partial charge in [-0.05, 0) is 73.9 Å². The molecule has 0 radical (unpaired) electrons. The maximum Gasteiger partial charge on any atom is 0.182 e. The van der Waals surface area contributed by atoms with Crippen molar-refractivity contribution in [2.24, 2.45) is 0 Å². The van der Waals surface area contributed by atoms with Crippen LogP contribution in [0.3, 0.4) is 0 Å². The molecule has 6 nitrogen and oxygen atoms in total. The van der Waals surface area contributed by atoms with Gasteiger partial charge in [0.2, 0.25) is 0 Å². The minimum absolute atomic E-state index is 0.336. The first-order valence-corrected chi connectivity index (χ1v) is 12.3. The van der Waals surface area contributed by atoms with Crippen LogP contribution in [0.15, 0.2) is 48.5 Å². The number of rotatable bonds is 8. The Hall–Kier alpha value is -2.95. The zero-order chi connectivity index (χ0) is 24.3. The van der Waals surface area contributed by atoms with Gasteiger partial charge in [-0.3, -0.25) is 0 Å². The molecule has 1 unspecified atom stereocenters. The van der Waals surface area contributed by atoms with E-state index >= 15 is 4.57 Å². The molecular formula is C26H31O6P. The summed E-state index contributed by atoms with van der Waals surface area (Å²) in [5.41, 5.74) is 3.38. The fourth-order valence-corrected chi connectivity index (χ4v) is 7.47. The average molecular weight is 471 g/mol. The molecule has 7 heteroatoms. The van der Waals surface area contributed by atoms with Crippen molar-refractivity contribution in [2.45, 2.75) is 26.6 Å². The van der Waals surface area contributed by atoms with Crippen molar-refractivity contribution in [1.82, 2.24) is 0 Å². The predicted octanol–water partition coefficient (Wildman–Crippen LogP) is 4.65. The molecular weight excluding hydrogens is 439 g/mol. The predicted molar refractivity (Wildman–Crippen MR) is 132 cm³/mol. The lowest BCUT2D eigenvalue weighted by Crippen LogP contribution is -2.25. The molecule has 0 heterocycles. The van der Waals surface area contributed by atoms with Gasteiger partial charge in [-0.1, -0.05) is 17.7 Å². The zero-order valence-corrected chi connectivity index (χ0v) is 21.0. The van der Waals surface area contributed by atoms with Gasteiger partial charge in [-0.15, -0.1) is 0 Å². The van der Waals surface area contributed by atoms with Crippen LogP contribution in [0.2, 0.25) is 0 Å². The van der Waals surface area contributed by atoms with Gasteiger partial charge >= 0.3 is 0 Å². The van der Waals surface area contributed by atoms with Crippen LogP contribution in [0.25, 0.3) is 0 Å². The molecule has 0 bridgehead atoms. The molecule has 0 saturated heterocycles. The molecule has 1 atom stereocenters. The Morgan fingerprint density at radius 3 is 1.48 bits per heavy atom. The van der Waals surface area contributed by atoms with Gasteiger partial charge in [0.25, 0.3) is 0 Å². The minimum Gasteiger partial charge on any atom is -0.497 e. The lowest BCUT2D eigenvalue weighted by Gasteiger charge is -2.30. The fraction of sp³-hybridized carbons (Fsp3) is 0.308. The highest BCUT2D eigenvalue weighted by molar-refractivity contribution is 7.79. The summed E-state index contributed by atoms with van der Waals surface area (Å²) >= 11 is 0. The van der Waals surface area contributed by atoms with Crippen molar-refractivity contribution in [2.75, 3.05) is 28.4 Å². The van der Waals surface area contributed by atoms with Gasteiger partial charge in [-0.25, -0.2) is 0 Å². The quantitative estimate of drug-likeness (QED) is 0.483. The van der Waals surface area contributed by atoms with Crippen LogP contribution in [0, 0.1) is 20.8 Å². The highest BCUT2D eigenvalue weighted by Gasteiger charge is 2.43. The Kier molecular flexibility index (Phi) is 7.41. The third kappa shape index (κ3) is 4.46. The topological polar surface area (TPSA) is 74.2 Å². The summed E-state index contributed by atoms with van der Waals surface area (Å²) in [5, 5.41) is 12.6. The van der Waals surface area contributed by atoms with Crippen LogP contribution in [-0.2, 0) is 4.57 Å². The number of benzene rings is 3. The molecule has 3 aromatic rings. The molecule has 0 aliphatic rings. The van der Waals surface area contributed by atoms with E-state index in [1.165, 1.54) is 28.4 Å². The van der Waals surface area contributed by atoms with Crippen molar-refractivity contribution in [3.05, 3.63) is 70.8 Å². The molecule has 0 aromatic heterocycles. The second-order valence-electron chi connectivity index (χ2n) is 7.92. The molecule has 3 aromatic carbocycles. The average Bonchev–Trinajstić information content (AvgIpc) is 2.81. The monoisotopic (exact) mass is 470 g/mol. The first-order chi connectivity index (χ1) is 15.7. The van der Waals surface area contributed by atoms with Crippen molar-refractivity contribution in [3.63, 3.8) is 0 Å². The van der Waals surface area contributed by atoms with Gasteiger partial charge < -0.3 is 28.6 Å². The van der Waals surface area contributed by atoms with E-state index in [-0.39, 0.29) is 0 Å². The maximum atomic E-state index is 15.3. The summed E-state index contributed by atoms with van der Waals surface area (Å²) in [6.45, 7) is 5.81. The van der Waals surface area contributed by atoms with Crippen molar-refractivity contribution < 1.29 is 28.6 Å². The number of ether oxygens (including phenoxy) is 4. The van der Waals surface area contributed by atoms with Crippen LogP contribution >= 0.6 is 7.14 Å². The van der Waals surface area contributed by atoms with Crippen LogP contribution in [0.5, 0.6) is 23.0 Å². The van der Waals surface area contributed by atoms with Gasteiger partial charge in [0.1, 0.15) is 28.8 Å². The van der Waals surface area contributed by atoms with Crippen molar-refractivity contribution in [3.8, 4) is 23.0 Å². The molecule has 0 fully saturated rings. The molecule has 0 aliphatic heterocycles. The van der Waals surface area contributed by atoms with Gasteiger partial charge in [0.15, 0.2) is 7.14 Å². The Morgan fingerprint density at radius 2 is 1.12 bits per heavy atom. The summed E-state index contributed by atoms with van der Waals surface area (Å²) in [5.74, 6) is 0.394. The Bertz CT molecular complexity index is 1120. The molecule has 176 valence electrons. The van der Waals surface area contributed by atoms with E-state index in [4.69, 9.17) is 18.9 Å². The highest BCUT2D eigenvalue weighted by Crippen LogP contribution is 2.60. The SMILES string of the molecule is COc1ccc(OC)c(P(=O)(c2cc(OC)ccc2OC)C(O)c2c(C)cc(C)cc2C)c1. The third-order valence-electron chi connectivity index (χ3n) is 5.83. The Balaban J connectivity index is 2.45. The van der Waals surface area contributed by atoms with E-state index < -0.39 is 13.0 Å². The van der Waals surface area contributed by atoms with Gasteiger partial charge in [0, 0.05) is 0 Å². The molecule has 0 saturated carbocycles. The number of hydrogen-bond donors (Lipinski definition) is 1. The first kappa shape index (κ1) is 24.7. The van der Waals surface area contributed by atoms with E-state index in [1.807, 2.05) is 32.9 Å². The standard InChI is InChI=1S/C26H31O6P/c1-16-12-17(2)25(18(3)13-16)26(27)33(28,23-14-19(29-4)8-10-21(23)31-6)24-15-20(30-5)9-11-22(24)32-7/h8-15,26-27H,1-7H3. The molecule has 1 N–H and O–H groups in total. The van der Waals surface area contributed by atoms with Crippen LogP contribution in [-0.4, -0.2) is 33.5 Å².